The monoisotopic (exact) mass is 471 g/mol. The van der Waals surface area contributed by atoms with Crippen molar-refractivity contribution in [3.8, 4) is 0 Å². The largest absolute Gasteiger partial charge is 0.479 e. The summed E-state index contributed by atoms with van der Waals surface area (Å²) in [7, 11) is 0. The van der Waals surface area contributed by atoms with Crippen LogP contribution in [0.3, 0.4) is 0 Å². The topological polar surface area (TPSA) is 113 Å². The summed E-state index contributed by atoms with van der Waals surface area (Å²) in [4.78, 5) is 23.7. The molecule has 0 aromatic heterocycles. The number of amides is 1. The third kappa shape index (κ3) is 5.81. The molecule has 182 valence electrons. The number of nitrogens with one attached hydrogen (secondary N) is 1. The third-order valence-corrected chi connectivity index (χ3v) is 5.75. The number of carbonyl (C=O) groups is 2. The fraction of sp³-hybridized carbons (Fsp3) is 0.440. The molecule has 9 nitrogen and oxygen atoms in total. The minimum atomic E-state index is -1.14. The average molecular weight is 472 g/mol. The highest BCUT2D eigenvalue weighted by Crippen LogP contribution is 2.36. The van der Waals surface area contributed by atoms with Gasteiger partial charge in [-0.1, -0.05) is 60.7 Å². The van der Waals surface area contributed by atoms with E-state index in [2.05, 4.69) is 5.32 Å². The summed E-state index contributed by atoms with van der Waals surface area (Å²) in [5.41, 5.74) is 1.73. The molecule has 4 rings (SSSR count). The molecule has 2 aromatic rings. The molecule has 2 aliphatic heterocycles. The molecule has 0 radical (unpaired) electrons. The van der Waals surface area contributed by atoms with Crippen LogP contribution in [0.2, 0.25) is 0 Å². The Bertz CT molecular complexity index is 956. The van der Waals surface area contributed by atoms with Gasteiger partial charge in [0.1, 0.15) is 24.4 Å². The van der Waals surface area contributed by atoms with Gasteiger partial charge < -0.3 is 34.1 Å². The van der Waals surface area contributed by atoms with Crippen molar-refractivity contribution < 1.29 is 38.4 Å². The van der Waals surface area contributed by atoms with Crippen molar-refractivity contribution in [1.82, 2.24) is 5.32 Å². The molecule has 2 N–H and O–H groups in total. The van der Waals surface area contributed by atoms with Crippen molar-refractivity contribution in [2.75, 3.05) is 6.61 Å². The zero-order valence-corrected chi connectivity index (χ0v) is 19.0. The Kier molecular flexibility index (Phi) is 7.91. The first-order valence-corrected chi connectivity index (χ1v) is 11.2. The Morgan fingerprint density at radius 2 is 1.76 bits per heavy atom. The lowest BCUT2D eigenvalue weighted by molar-refractivity contribution is -0.351. The summed E-state index contributed by atoms with van der Waals surface area (Å²) in [6.07, 6.45) is -4.87. The summed E-state index contributed by atoms with van der Waals surface area (Å²) in [5.74, 6) is -1.46. The van der Waals surface area contributed by atoms with Gasteiger partial charge in [0.25, 0.3) is 0 Å². The van der Waals surface area contributed by atoms with E-state index in [1.165, 1.54) is 13.8 Å². The summed E-state index contributed by atoms with van der Waals surface area (Å²) < 4.78 is 30.3. The van der Waals surface area contributed by atoms with Gasteiger partial charge in [-0.05, 0) is 12.5 Å². The number of rotatable bonds is 8. The van der Waals surface area contributed by atoms with Gasteiger partial charge in [-0.15, -0.1) is 0 Å². The predicted molar refractivity (Wildman–Crippen MR) is 119 cm³/mol. The molecular weight excluding hydrogens is 442 g/mol. The lowest BCUT2D eigenvalue weighted by Crippen LogP contribution is -2.67. The number of carboxylic acid groups (broad SMARTS) is 1. The SMILES string of the molecule is CC(=O)NC1C(O[C@@H](C)C(=O)O)[C@@H]2OC(c3ccccc3)OCC2O[C@@H]1OCc1ccccc1. The molecule has 7 atom stereocenters. The van der Waals surface area contributed by atoms with Crippen molar-refractivity contribution in [3.05, 3.63) is 71.8 Å². The molecule has 1 amide bonds. The minimum Gasteiger partial charge on any atom is -0.479 e. The van der Waals surface area contributed by atoms with Crippen molar-refractivity contribution in [2.24, 2.45) is 0 Å². The molecule has 2 heterocycles. The van der Waals surface area contributed by atoms with Crippen LogP contribution in [0.1, 0.15) is 31.3 Å². The number of carbonyl (C=O) groups excluding carboxylic acids is 1. The number of fused-ring (bicyclic) bond motifs is 1. The summed E-state index contributed by atoms with van der Waals surface area (Å²) >= 11 is 0. The molecule has 9 heteroatoms. The van der Waals surface area contributed by atoms with Crippen LogP contribution in [0.25, 0.3) is 0 Å². The molecule has 4 unspecified atom stereocenters. The van der Waals surface area contributed by atoms with E-state index in [1.807, 2.05) is 60.7 Å². The van der Waals surface area contributed by atoms with Gasteiger partial charge in [-0.3, -0.25) is 4.79 Å². The van der Waals surface area contributed by atoms with Gasteiger partial charge in [0.15, 0.2) is 18.7 Å². The van der Waals surface area contributed by atoms with E-state index in [1.54, 1.807) is 0 Å². The standard InChI is InChI=1S/C25H29NO8/c1-15(23(28)29)32-22-20(26-16(2)27)25(30-13-17-9-5-3-6-10-17)33-19-14-31-24(34-21(19)22)18-11-7-4-8-12-18/h3-12,15,19-22,24-25H,13-14H2,1-2H3,(H,26,27)(H,28,29)/t15-,19?,20?,21+,22?,24?,25-/m0/s1. The smallest absolute Gasteiger partial charge is 0.332 e. The quantitative estimate of drug-likeness (QED) is 0.604. The Morgan fingerprint density at radius 3 is 2.41 bits per heavy atom. The Balaban J connectivity index is 1.59. The molecule has 2 aromatic carbocycles. The molecular formula is C25H29NO8. The van der Waals surface area contributed by atoms with Gasteiger partial charge in [0, 0.05) is 12.5 Å². The summed E-state index contributed by atoms with van der Waals surface area (Å²) in [5, 5.41) is 12.3. The van der Waals surface area contributed by atoms with E-state index in [0.29, 0.717) is 0 Å². The number of aliphatic carboxylic acids is 1. The van der Waals surface area contributed by atoms with Crippen LogP contribution in [0.15, 0.2) is 60.7 Å². The zero-order valence-electron chi connectivity index (χ0n) is 19.0. The van der Waals surface area contributed by atoms with E-state index in [4.69, 9.17) is 23.7 Å². The van der Waals surface area contributed by atoms with E-state index >= 15 is 0 Å². The minimum absolute atomic E-state index is 0.184. The van der Waals surface area contributed by atoms with Crippen LogP contribution in [0, 0.1) is 0 Å². The van der Waals surface area contributed by atoms with Crippen LogP contribution in [-0.2, 0) is 39.9 Å². The highest BCUT2D eigenvalue weighted by atomic mass is 16.8. The van der Waals surface area contributed by atoms with Crippen molar-refractivity contribution in [1.29, 1.82) is 0 Å². The molecule has 2 aliphatic rings. The van der Waals surface area contributed by atoms with Crippen LogP contribution in [-0.4, -0.2) is 60.3 Å². The number of hydrogen-bond donors (Lipinski definition) is 2. The first-order chi connectivity index (χ1) is 16.4. The maximum atomic E-state index is 12.1. The number of carboxylic acids is 1. The first kappa shape index (κ1) is 24.3. The highest BCUT2D eigenvalue weighted by molar-refractivity contribution is 5.73. The molecule has 34 heavy (non-hydrogen) atoms. The fourth-order valence-corrected chi connectivity index (χ4v) is 4.09. The lowest BCUT2D eigenvalue weighted by atomic mass is 9.95. The van der Waals surface area contributed by atoms with Crippen molar-refractivity contribution >= 4 is 11.9 Å². The lowest BCUT2D eigenvalue weighted by Gasteiger charge is -2.49. The third-order valence-electron chi connectivity index (χ3n) is 5.75. The first-order valence-electron chi connectivity index (χ1n) is 11.2. The van der Waals surface area contributed by atoms with Crippen LogP contribution in [0.4, 0.5) is 0 Å². The van der Waals surface area contributed by atoms with Gasteiger partial charge in [0.05, 0.1) is 13.2 Å². The van der Waals surface area contributed by atoms with Gasteiger partial charge in [-0.2, -0.15) is 0 Å². The Morgan fingerprint density at radius 1 is 1.09 bits per heavy atom. The number of ether oxygens (including phenoxy) is 5. The molecule has 0 aliphatic carbocycles. The zero-order chi connectivity index (χ0) is 24.1. The van der Waals surface area contributed by atoms with Crippen molar-refractivity contribution in [2.45, 2.75) is 63.5 Å². The van der Waals surface area contributed by atoms with Crippen LogP contribution < -0.4 is 5.32 Å². The normalized spacial score (nSPS) is 29.6. The van der Waals surface area contributed by atoms with Crippen molar-refractivity contribution in [3.63, 3.8) is 0 Å². The Labute approximate surface area is 197 Å². The number of hydrogen-bond acceptors (Lipinski definition) is 7. The van der Waals surface area contributed by atoms with Gasteiger partial charge >= 0.3 is 5.97 Å². The maximum Gasteiger partial charge on any atom is 0.332 e. The second-order valence-corrected chi connectivity index (χ2v) is 8.32. The second-order valence-electron chi connectivity index (χ2n) is 8.32. The summed E-state index contributed by atoms with van der Waals surface area (Å²) in [6.45, 7) is 3.22. The average Bonchev–Trinajstić information content (AvgIpc) is 2.84. The van der Waals surface area contributed by atoms with E-state index in [-0.39, 0.29) is 19.1 Å². The van der Waals surface area contributed by atoms with E-state index in [0.717, 1.165) is 11.1 Å². The Hall–Kier alpha value is -2.82. The second kappa shape index (κ2) is 11.1. The van der Waals surface area contributed by atoms with E-state index < -0.39 is 49.0 Å². The molecule has 0 spiro atoms. The van der Waals surface area contributed by atoms with Crippen LogP contribution >= 0.6 is 0 Å². The molecule has 0 saturated carbocycles. The van der Waals surface area contributed by atoms with Crippen LogP contribution in [0.5, 0.6) is 0 Å². The fourth-order valence-electron chi connectivity index (χ4n) is 4.09. The summed E-state index contributed by atoms with van der Waals surface area (Å²) in [6, 6.07) is 18.1. The van der Waals surface area contributed by atoms with Gasteiger partial charge in [0.2, 0.25) is 5.91 Å². The predicted octanol–water partition coefficient (Wildman–Crippen LogP) is 2.41. The van der Waals surface area contributed by atoms with Gasteiger partial charge in [-0.25, -0.2) is 4.79 Å². The number of benzene rings is 2. The highest BCUT2D eigenvalue weighted by Gasteiger charge is 2.52. The maximum absolute atomic E-state index is 12.1. The molecule has 2 fully saturated rings. The van der Waals surface area contributed by atoms with E-state index in [9.17, 15) is 14.7 Å². The molecule has 0 bridgehead atoms. The molecule has 2 saturated heterocycles.